The summed E-state index contributed by atoms with van der Waals surface area (Å²) in [6.07, 6.45) is 2.01. The van der Waals surface area contributed by atoms with Crippen LogP contribution >= 0.6 is 31.9 Å². The molecule has 2 atom stereocenters. The molecular formula is C12H14Br2F2. The van der Waals surface area contributed by atoms with E-state index in [0.29, 0.717) is 5.56 Å². The summed E-state index contributed by atoms with van der Waals surface area (Å²) in [7, 11) is 0. The van der Waals surface area contributed by atoms with Gasteiger partial charge in [-0.15, -0.1) is 0 Å². The molecule has 1 aromatic carbocycles. The van der Waals surface area contributed by atoms with E-state index in [1.165, 1.54) is 12.1 Å². The van der Waals surface area contributed by atoms with Crippen LogP contribution in [0.2, 0.25) is 0 Å². The monoisotopic (exact) mass is 354 g/mol. The molecule has 0 bridgehead atoms. The fourth-order valence-corrected chi connectivity index (χ4v) is 2.59. The lowest BCUT2D eigenvalue weighted by molar-refractivity contribution is 0.495. The summed E-state index contributed by atoms with van der Waals surface area (Å²) >= 11 is 6.41. The molecule has 0 aliphatic carbocycles. The Bertz CT molecular complexity index is 366. The second-order valence-corrected chi connectivity index (χ2v) is 5.80. The second-order valence-electron chi connectivity index (χ2n) is 3.96. The minimum absolute atomic E-state index is 0.143. The van der Waals surface area contributed by atoms with Gasteiger partial charge in [0.15, 0.2) is 0 Å². The van der Waals surface area contributed by atoms with Gasteiger partial charge in [-0.2, -0.15) is 0 Å². The van der Waals surface area contributed by atoms with E-state index >= 15 is 0 Å². The summed E-state index contributed by atoms with van der Waals surface area (Å²) in [4.78, 5) is -0.143. The highest BCUT2D eigenvalue weighted by Crippen LogP contribution is 2.36. The zero-order valence-corrected chi connectivity index (χ0v) is 12.4. The summed E-state index contributed by atoms with van der Waals surface area (Å²) in [6, 6.07) is 2.43. The topological polar surface area (TPSA) is 0 Å². The molecule has 0 radical (unpaired) electrons. The molecule has 0 aliphatic rings. The van der Waals surface area contributed by atoms with Crippen molar-refractivity contribution in [1.29, 1.82) is 0 Å². The number of alkyl halides is 1. The molecule has 0 saturated carbocycles. The van der Waals surface area contributed by atoms with Gasteiger partial charge in [0, 0.05) is 10.4 Å². The molecule has 0 saturated heterocycles. The van der Waals surface area contributed by atoms with Gasteiger partial charge in [0.1, 0.15) is 11.6 Å². The van der Waals surface area contributed by atoms with E-state index in [9.17, 15) is 8.78 Å². The molecule has 0 aliphatic heterocycles. The van der Waals surface area contributed by atoms with E-state index < -0.39 is 5.82 Å². The Hall–Kier alpha value is 0.0400. The molecule has 0 spiro atoms. The van der Waals surface area contributed by atoms with E-state index in [2.05, 4.69) is 38.8 Å². The summed E-state index contributed by atoms with van der Waals surface area (Å²) in [5, 5.41) is 0. The molecule has 0 amide bonds. The average Bonchev–Trinajstić information content (AvgIpc) is 2.23. The lowest BCUT2D eigenvalue weighted by Gasteiger charge is -2.19. The highest BCUT2D eigenvalue weighted by Gasteiger charge is 2.20. The molecule has 0 fully saturated rings. The third-order valence-corrected chi connectivity index (χ3v) is 4.58. The molecule has 0 nitrogen and oxygen atoms in total. The van der Waals surface area contributed by atoms with Gasteiger partial charge >= 0.3 is 0 Å². The van der Waals surface area contributed by atoms with Crippen LogP contribution in [0.1, 0.15) is 37.1 Å². The Morgan fingerprint density at radius 1 is 1.25 bits per heavy atom. The third kappa shape index (κ3) is 3.27. The highest BCUT2D eigenvalue weighted by atomic mass is 79.9. The van der Waals surface area contributed by atoms with Crippen LogP contribution < -0.4 is 0 Å². The van der Waals surface area contributed by atoms with Crippen LogP contribution in [0.5, 0.6) is 0 Å². The second kappa shape index (κ2) is 6.10. The van der Waals surface area contributed by atoms with Gasteiger partial charge in [-0.25, -0.2) is 8.78 Å². The van der Waals surface area contributed by atoms with Crippen LogP contribution in [0, 0.1) is 17.6 Å². The van der Waals surface area contributed by atoms with Crippen molar-refractivity contribution in [2.24, 2.45) is 5.92 Å². The Balaban J connectivity index is 2.99. The fraction of sp³-hybridized carbons (Fsp3) is 0.500. The lowest BCUT2D eigenvalue weighted by atomic mass is 9.96. The van der Waals surface area contributed by atoms with Crippen LogP contribution in [-0.2, 0) is 0 Å². The molecule has 90 valence electrons. The molecule has 0 N–H and O–H groups in total. The van der Waals surface area contributed by atoms with Crippen LogP contribution in [0.15, 0.2) is 16.6 Å². The number of halogens is 4. The number of hydrogen-bond donors (Lipinski definition) is 0. The molecule has 1 aromatic rings. The molecule has 0 heterocycles. The SMILES string of the molecule is CCCC(C)C(Br)c1cc(F)c(Br)cc1F. The van der Waals surface area contributed by atoms with E-state index in [1.807, 2.05) is 6.92 Å². The maximum absolute atomic E-state index is 13.7. The first-order valence-corrected chi connectivity index (χ1v) is 6.96. The first kappa shape index (κ1) is 14.1. The van der Waals surface area contributed by atoms with Crippen LogP contribution in [-0.4, -0.2) is 0 Å². The van der Waals surface area contributed by atoms with Gasteiger partial charge < -0.3 is 0 Å². The van der Waals surface area contributed by atoms with Crippen molar-refractivity contribution in [3.63, 3.8) is 0 Å². The van der Waals surface area contributed by atoms with Gasteiger partial charge in [-0.05, 0) is 40.4 Å². The maximum Gasteiger partial charge on any atom is 0.137 e. The number of rotatable bonds is 4. The van der Waals surface area contributed by atoms with Crippen molar-refractivity contribution in [3.8, 4) is 0 Å². The number of benzene rings is 1. The zero-order valence-electron chi connectivity index (χ0n) is 9.24. The van der Waals surface area contributed by atoms with Gasteiger partial charge in [-0.1, -0.05) is 36.2 Å². The van der Waals surface area contributed by atoms with Crippen molar-refractivity contribution in [3.05, 3.63) is 33.8 Å². The molecule has 16 heavy (non-hydrogen) atoms. The maximum atomic E-state index is 13.7. The average molecular weight is 356 g/mol. The molecule has 4 heteroatoms. The van der Waals surface area contributed by atoms with E-state index in [0.717, 1.165) is 12.8 Å². The Labute approximate surface area is 112 Å². The predicted molar refractivity (Wildman–Crippen MR) is 69.8 cm³/mol. The van der Waals surface area contributed by atoms with Crippen molar-refractivity contribution < 1.29 is 8.78 Å². The standard InChI is InChI=1S/C12H14Br2F2/c1-3-4-7(2)12(14)8-5-11(16)9(13)6-10(8)15/h5-7,12H,3-4H2,1-2H3. The van der Waals surface area contributed by atoms with Crippen molar-refractivity contribution in [2.75, 3.05) is 0 Å². The van der Waals surface area contributed by atoms with Gasteiger partial charge in [0.25, 0.3) is 0 Å². The third-order valence-electron chi connectivity index (χ3n) is 2.58. The van der Waals surface area contributed by atoms with E-state index in [1.54, 1.807) is 0 Å². The Kier molecular flexibility index (Phi) is 5.38. The quantitative estimate of drug-likeness (QED) is 0.487. The lowest BCUT2D eigenvalue weighted by Crippen LogP contribution is -2.06. The first-order valence-electron chi connectivity index (χ1n) is 5.25. The van der Waals surface area contributed by atoms with Crippen LogP contribution in [0.3, 0.4) is 0 Å². The summed E-state index contributed by atoms with van der Waals surface area (Å²) in [5.41, 5.74) is 0.390. The van der Waals surface area contributed by atoms with Crippen molar-refractivity contribution in [1.82, 2.24) is 0 Å². The largest absolute Gasteiger partial charge is 0.207 e. The fourth-order valence-electron chi connectivity index (χ4n) is 1.66. The predicted octanol–water partition coefficient (Wildman–Crippen LogP) is 5.60. The van der Waals surface area contributed by atoms with Crippen LogP contribution in [0.25, 0.3) is 0 Å². The Morgan fingerprint density at radius 3 is 2.44 bits per heavy atom. The normalized spacial score (nSPS) is 14.9. The summed E-state index contributed by atoms with van der Waals surface area (Å²) in [6.45, 7) is 4.11. The summed E-state index contributed by atoms with van der Waals surface area (Å²) < 4.78 is 27.2. The van der Waals surface area contributed by atoms with Crippen LogP contribution in [0.4, 0.5) is 8.78 Å². The highest BCUT2D eigenvalue weighted by molar-refractivity contribution is 9.10. The van der Waals surface area contributed by atoms with Gasteiger partial charge in [0.05, 0.1) is 4.47 Å². The zero-order chi connectivity index (χ0) is 12.3. The van der Waals surface area contributed by atoms with Crippen molar-refractivity contribution >= 4 is 31.9 Å². The molecule has 2 unspecified atom stereocenters. The minimum Gasteiger partial charge on any atom is -0.207 e. The molecule has 0 aromatic heterocycles. The first-order chi connectivity index (χ1) is 7.47. The summed E-state index contributed by atoms with van der Waals surface area (Å²) in [5.74, 6) is -0.525. The minimum atomic E-state index is -0.426. The van der Waals surface area contributed by atoms with E-state index in [-0.39, 0.29) is 21.0 Å². The molecular weight excluding hydrogens is 342 g/mol. The molecule has 1 rings (SSSR count). The smallest absolute Gasteiger partial charge is 0.137 e. The van der Waals surface area contributed by atoms with Gasteiger partial charge in [-0.3, -0.25) is 0 Å². The van der Waals surface area contributed by atoms with Crippen molar-refractivity contribution in [2.45, 2.75) is 31.5 Å². The number of hydrogen-bond acceptors (Lipinski definition) is 0. The van der Waals surface area contributed by atoms with E-state index in [4.69, 9.17) is 0 Å². The Morgan fingerprint density at radius 2 is 1.88 bits per heavy atom. The van der Waals surface area contributed by atoms with Gasteiger partial charge in [0.2, 0.25) is 0 Å².